The first-order chi connectivity index (χ1) is 8.43. The van der Waals surface area contributed by atoms with E-state index in [4.69, 9.17) is 4.84 Å². The van der Waals surface area contributed by atoms with Gasteiger partial charge in [-0.3, -0.25) is 4.79 Å². The van der Waals surface area contributed by atoms with E-state index in [2.05, 4.69) is 4.74 Å². The molecule has 0 saturated carbocycles. The van der Waals surface area contributed by atoms with Gasteiger partial charge in [-0.2, -0.15) is 5.06 Å². The number of rotatable bonds is 2. The van der Waals surface area contributed by atoms with Gasteiger partial charge >= 0.3 is 5.97 Å². The predicted octanol–water partition coefficient (Wildman–Crippen LogP) is 0.850. The summed E-state index contributed by atoms with van der Waals surface area (Å²) in [4.78, 5) is 28.0. The van der Waals surface area contributed by atoms with Crippen molar-refractivity contribution in [1.29, 1.82) is 0 Å². The van der Waals surface area contributed by atoms with Gasteiger partial charge in [-0.15, -0.1) is 0 Å². The second-order valence-corrected chi connectivity index (χ2v) is 4.17. The van der Waals surface area contributed by atoms with Crippen LogP contribution in [0.1, 0.15) is 23.7 Å². The molecule has 1 saturated heterocycles. The molecule has 0 bridgehead atoms. The minimum Gasteiger partial charge on any atom is -0.465 e. The van der Waals surface area contributed by atoms with Gasteiger partial charge in [0.25, 0.3) is 5.91 Å². The van der Waals surface area contributed by atoms with Crippen molar-refractivity contribution in [2.24, 2.45) is 0 Å². The van der Waals surface area contributed by atoms with Gasteiger partial charge in [0.15, 0.2) is 5.79 Å². The van der Waals surface area contributed by atoms with Gasteiger partial charge in [0.2, 0.25) is 0 Å². The Labute approximate surface area is 104 Å². The summed E-state index contributed by atoms with van der Waals surface area (Å²) in [6.07, 6.45) is -0.105. The molecule has 6 nitrogen and oxygen atoms in total. The summed E-state index contributed by atoms with van der Waals surface area (Å²) < 4.78 is 4.57. The number of hydroxylamine groups is 1. The summed E-state index contributed by atoms with van der Waals surface area (Å²) in [6.45, 7) is 1.41. The second kappa shape index (κ2) is 4.40. The van der Waals surface area contributed by atoms with Crippen LogP contribution in [0.3, 0.4) is 0 Å². The van der Waals surface area contributed by atoms with E-state index in [1.807, 2.05) is 0 Å². The van der Waals surface area contributed by atoms with E-state index >= 15 is 0 Å². The van der Waals surface area contributed by atoms with Crippen LogP contribution in [0.5, 0.6) is 0 Å². The Bertz CT molecular complexity index is 480. The summed E-state index contributed by atoms with van der Waals surface area (Å²) in [5.74, 6) is -2.29. The van der Waals surface area contributed by atoms with E-state index < -0.39 is 11.8 Å². The maximum absolute atomic E-state index is 11.6. The molecule has 0 radical (unpaired) electrons. The van der Waals surface area contributed by atoms with Crippen molar-refractivity contribution in [3.05, 3.63) is 29.8 Å². The molecule has 1 amide bonds. The zero-order valence-electron chi connectivity index (χ0n) is 10.0. The van der Waals surface area contributed by atoms with E-state index in [0.717, 1.165) is 5.06 Å². The Morgan fingerprint density at radius 2 is 2.06 bits per heavy atom. The van der Waals surface area contributed by atoms with Crippen molar-refractivity contribution in [3.63, 3.8) is 0 Å². The molecular weight excluding hydrogens is 238 g/mol. The molecule has 1 aliphatic heterocycles. The Kier molecular flexibility index (Phi) is 3.06. The largest absolute Gasteiger partial charge is 0.465 e. The van der Waals surface area contributed by atoms with Gasteiger partial charge < -0.3 is 9.84 Å². The SMILES string of the molecule is COC(=O)c1ccc(N2O[C@](C)(O)CC2=O)cc1. The average Bonchev–Trinajstić information content (AvgIpc) is 2.62. The number of ether oxygens (including phenoxy) is 1. The van der Waals surface area contributed by atoms with Gasteiger partial charge in [0.05, 0.1) is 24.8 Å². The summed E-state index contributed by atoms with van der Waals surface area (Å²) in [5, 5.41) is 10.6. The van der Waals surface area contributed by atoms with Crippen LogP contribution in [0.2, 0.25) is 0 Å². The summed E-state index contributed by atoms with van der Waals surface area (Å²) in [7, 11) is 1.29. The third kappa shape index (κ3) is 2.34. The molecule has 1 aromatic carbocycles. The van der Waals surface area contributed by atoms with Crippen molar-refractivity contribution in [3.8, 4) is 0 Å². The lowest BCUT2D eigenvalue weighted by atomic mass is 10.2. The lowest BCUT2D eigenvalue weighted by molar-refractivity contribution is -0.163. The van der Waals surface area contributed by atoms with Gasteiger partial charge in [0, 0.05) is 0 Å². The molecule has 96 valence electrons. The third-order valence-electron chi connectivity index (χ3n) is 2.52. The number of aliphatic hydroxyl groups is 1. The zero-order chi connectivity index (χ0) is 13.3. The first-order valence-corrected chi connectivity index (χ1v) is 5.36. The number of hydrogen-bond donors (Lipinski definition) is 1. The lowest BCUT2D eigenvalue weighted by Crippen LogP contribution is -2.27. The van der Waals surface area contributed by atoms with E-state index in [1.54, 1.807) is 12.1 Å². The van der Waals surface area contributed by atoms with Crippen LogP contribution in [0.4, 0.5) is 5.69 Å². The van der Waals surface area contributed by atoms with Gasteiger partial charge in [-0.05, 0) is 31.2 Å². The van der Waals surface area contributed by atoms with Crippen LogP contribution in [-0.2, 0) is 14.4 Å². The van der Waals surface area contributed by atoms with Crippen molar-refractivity contribution in [2.45, 2.75) is 19.1 Å². The van der Waals surface area contributed by atoms with E-state index in [0.29, 0.717) is 11.3 Å². The lowest BCUT2D eigenvalue weighted by Gasteiger charge is -2.18. The standard InChI is InChI=1S/C12H13NO5/c1-12(16)7-10(14)13(18-12)9-5-3-8(4-6-9)11(15)17-2/h3-6,16H,7H2,1-2H3/t12-/m0/s1. The molecule has 0 aromatic heterocycles. The van der Waals surface area contributed by atoms with E-state index in [1.165, 1.54) is 26.2 Å². The maximum atomic E-state index is 11.6. The maximum Gasteiger partial charge on any atom is 0.337 e. The molecule has 18 heavy (non-hydrogen) atoms. The third-order valence-corrected chi connectivity index (χ3v) is 2.52. The molecule has 1 aromatic rings. The molecule has 2 rings (SSSR count). The number of methoxy groups -OCH3 is 1. The van der Waals surface area contributed by atoms with Gasteiger partial charge in [0.1, 0.15) is 0 Å². The summed E-state index contributed by atoms with van der Waals surface area (Å²) >= 11 is 0. The Hall–Kier alpha value is -1.92. The summed E-state index contributed by atoms with van der Waals surface area (Å²) in [5.41, 5.74) is 0.824. The highest BCUT2D eigenvalue weighted by molar-refractivity contribution is 5.94. The van der Waals surface area contributed by atoms with Crippen molar-refractivity contribution in [2.75, 3.05) is 12.2 Å². The molecule has 1 fully saturated rings. The molecular formula is C12H13NO5. The number of nitrogens with zero attached hydrogens (tertiary/aromatic N) is 1. The molecule has 0 unspecified atom stereocenters. The number of esters is 1. The number of amides is 1. The average molecular weight is 251 g/mol. The molecule has 1 N–H and O–H groups in total. The number of carbonyl (C=O) groups excluding carboxylic acids is 2. The van der Waals surface area contributed by atoms with Gasteiger partial charge in [-0.1, -0.05) is 0 Å². The van der Waals surface area contributed by atoms with Crippen LogP contribution >= 0.6 is 0 Å². The highest BCUT2D eigenvalue weighted by Crippen LogP contribution is 2.29. The zero-order valence-corrected chi connectivity index (χ0v) is 10.0. The first-order valence-electron chi connectivity index (χ1n) is 5.36. The van der Waals surface area contributed by atoms with Crippen LogP contribution in [0.25, 0.3) is 0 Å². The number of hydrogen-bond acceptors (Lipinski definition) is 5. The van der Waals surface area contributed by atoms with Crippen LogP contribution in [-0.4, -0.2) is 29.9 Å². The van der Waals surface area contributed by atoms with E-state index in [9.17, 15) is 14.7 Å². The van der Waals surface area contributed by atoms with Crippen molar-refractivity contribution in [1.82, 2.24) is 0 Å². The topological polar surface area (TPSA) is 76.1 Å². The fourth-order valence-electron chi connectivity index (χ4n) is 1.68. The predicted molar refractivity (Wildman–Crippen MR) is 61.6 cm³/mol. The number of benzene rings is 1. The minimum atomic E-state index is -1.49. The highest BCUT2D eigenvalue weighted by Gasteiger charge is 2.40. The number of anilines is 1. The smallest absolute Gasteiger partial charge is 0.337 e. The molecule has 0 spiro atoms. The molecule has 1 heterocycles. The fraction of sp³-hybridized carbons (Fsp3) is 0.333. The highest BCUT2D eigenvalue weighted by atomic mass is 16.8. The van der Waals surface area contributed by atoms with Crippen LogP contribution < -0.4 is 5.06 Å². The van der Waals surface area contributed by atoms with E-state index in [-0.39, 0.29) is 12.3 Å². The van der Waals surface area contributed by atoms with Crippen LogP contribution in [0.15, 0.2) is 24.3 Å². The van der Waals surface area contributed by atoms with Crippen LogP contribution in [0, 0.1) is 0 Å². The fourth-order valence-corrected chi connectivity index (χ4v) is 1.68. The Morgan fingerprint density at radius 1 is 1.44 bits per heavy atom. The first kappa shape index (κ1) is 12.5. The van der Waals surface area contributed by atoms with Crippen molar-refractivity contribution < 1.29 is 24.3 Å². The molecule has 6 heteroatoms. The van der Waals surface area contributed by atoms with Crippen molar-refractivity contribution >= 4 is 17.6 Å². The number of carbonyl (C=O) groups is 2. The molecule has 0 aliphatic carbocycles. The quantitative estimate of drug-likeness (QED) is 0.788. The van der Waals surface area contributed by atoms with Gasteiger partial charge in [-0.25, -0.2) is 9.63 Å². The second-order valence-electron chi connectivity index (χ2n) is 4.17. The monoisotopic (exact) mass is 251 g/mol. The normalized spacial score (nSPS) is 23.3. The summed E-state index contributed by atoms with van der Waals surface area (Å²) in [6, 6.07) is 6.13. The Balaban J connectivity index is 2.20. The molecule has 1 aliphatic rings. The Morgan fingerprint density at radius 3 is 2.50 bits per heavy atom. The minimum absolute atomic E-state index is 0.105. The molecule has 1 atom stereocenters.